The highest BCUT2D eigenvalue weighted by Gasteiger charge is 1.97. The number of hydrazine groups is 1. The van der Waals surface area contributed by atoms with Crippen molar-refractivity contribution in [3.63, 3.8) is 0 Å². The lowest BCUT2D eigenvalue weighted by Gasteiger charge is -2.07. The van der Waals surface area contributed by atoms with Crippen LogP contribution in [0.4, 0.5) is 5.69 Å². The van der Waals surface area contributed by atoms with Crippen LogP contribution in [0.1, 0.15) is 0 Å². The fourth-order valence-corrected chi connectivity index (χ4v) is 0.947. The molecule has 0 aliphatic rings. The molecule has 1 aromatic carbocycles. The Bertz CT molecular complexity index is 353. The van der Waals surface area contributed by atoms with E-state index in [1.807, 2.05) is 5.43 Å². The van der Waals surface area contributed by atoms with Gasteiger partial charge in [-0.25, -0.2) is 10.4 Å². The first-order valence-electron chi connectivity index (χ1n) is 4.04. The molecular weight excluding hydrogens is 200 g/mol. The van der Waals surface area contributed by atoms with E-state index in [9.17, 15) is 0 Å². The van der Waals surface area contributed by atoms with Gasteiger partial charge >= 0.3 is 0 Å². The van der Waals surface area contributed by atoms with Gasteiger partial charge in [0.25, 0.3) is 0 Å². The molecule has 15 heavy (non-hydrogen) atoms. The van der Waals surface area contributed by atoms with Gasteiger partial charge in [0.15, 0.2) is 0 Å². The van der Waals surface area contributed by atoms with Crippen LogP contribution in [0.15, 0.2) is 29.3 Å². The summed E-state index contributed by atoms with van der Waals surface area (Å²) in [5, 5.41) is 16.5. The van der Waals surface area contributed by atoms with Crippen LogP contribution in [0.2, 0.25) is 0 Å². The number of hydrogen-bond acceptors (Lipinski definition) is 5. The van der Waals surface area contributed by atoms with E-state index in [1.54, 1.807) is 24.3 Å². The lowest BCUT2D eigenvalue weighted by Crippen LogP contribution is -2.41. The number of guanidine groups is 1. The third-order valence-electron chi connectivity index (χ3n) is 1.52. The lowest BCUT2D eigenvalue weighted by molar-refractivity contribution is -0.329. The van der Waals surface area contributed by atoms with Crippen LogP contribution < -0.4 is 15.9 Å². The van der Waals surface area contributed by atoms with Gasteiger partial charge in [0, 0.05) is 11.4 Å². The van der Waals surface area contributed by atoms with Gasteiger partial charge in [-0.2, -0.15) is 0 Å². The van der Waals surface area contributed by atoms with Crippen molar-refractivity contribution >= 4 is 11.6 Å². The maximum Gasteiger partial charge on any atom is 0.212 e. The molecule has 0 saturated heterocycles. The lowest BCUT2D eigenvalue weighted by atomic mass is 10.3. The number of aliphatic imine (C=N–C) groups is 1. The Labute approximate surface area is 86.3 Å². The van der Waals surface area contributed by atoms with Crippen LogP contribution in [0.25, 0.3) is 0 Å². The monoisotopic (exact) mass is 212 g/mol. The Morgan fingerprint density at radius 3 is 2.87 bits per heavy atom. The van der Waals surface area contributed by atoms with Gasteiger partial charge in [-0.3, -0.25) is 10.4 Å². The minimum Gasteiger partial charge on any atom is -0.497 e. The maximum atomic E-state index is 8.39. The standard InChI is InChI=1S/C8H12N4O3/c1-15-7-4-2-3-6(5-7)10-8(9)11-12(13)14/h2-5,13-14H,1H3,(H3,9,10,11). The number of methoxy groups -OCH3 is 1. The van der Waals surface area contributed by atoms with Crippen molar-refractivity contribution in [3.05, 3.63) is 24.3 Å². The Kier molecular flexibility index (Phi) is 3.86. The van der Waals surface area contributed by atoms with Gasteiger partial charge in [-0.05, 0) is 12.1 Å². The number of ether oxygens (including phenoxy) is 1. The molecule has 82 valence electrons. The maximum absolute atomic E-state index is 8.39. The highest BCUT2D eigenvalue weighted by molar-refractivity contribution is 5.80. The molecule has 7 nitrogen and oxygen atoms in total. The summed E-state index contributed by atoms with van der Waals surface area (Å²) in [7, 11) is 1.54. The van der Waals surface area contributed by atoms with Crippen LogP contribution in [-0.4, -0.2) is 28.8 Å². The number of rotatable bonds is 3. The summed E-state index contributed by atoms with van der Waals surface area (Å²) >= 11 is 0. The predicted octanol–water partition coefficient (Wildman–Crippen LogP) is 0.226. The van der Waals surface area contributed by atoms with Crippen LogP contribution >= 0.6 is 0 Å². The largest absolute Gasteiger partial charge is 0.497 e. The Hall–Kier alpha value is -1.83. The zero-order valence-electron chi connectivity index (χ0n) is 8.08. The van der Waals surface area contributed by atoms with Crippen molar-refractivity contribution in [2.75, 3.05) is 7.11 Å². The second-order valence-corrected chi connectivity index (χ2v) is 2.60. The second kappa shape index (κ2) is 5.15. The second-order valence-electron chi connectivity index (χ2n) is 2.60. The van der Waals surface area contributed by atoms with Crippen molar-refractivity contribution in [2.24, 2.45) is 10.7 Å². The third kappa shape index (κ3) is 3.81. The summed E-state index contributed by atoms with van der Waals surface area (Å²) in [5.41, 5.74) is 7.82. The van der Waals surface area contributed by atoms with E-state index in [1.165, 1.54) is 7.11 Å². The molecule has 5 N–H and O–H groups in total. The molecule has 7 heteroatoms. The molecule has 1 aromatic rings. The molecule has 0 saturated carbocycles. The van der Waals surface area contributed by atoms with Crippen LogP contribution in [0.5, 0.6) is 5.75 Å². The number of nitrogens with one attached hydrogen (secondary N) is 1. The van der Waals surface area contributed by atoms with Crippen LogP contribution in [0.3, 0.4) is 0 Å². The summed E-state index contributed by atoms with van der Waals surface area (Å²) in [4.78, 5) is 3.85. The zero-order valence-corrected chi connectivity index (χ0v) is 8.08. The van der Waals surface area contributed by atoms with Crippen molar-refractivity contribution < 1.29 is 15.2 Å². The molecular formula is C8H12N4O3. The zero-order chi connectivity index (χ0) is 11.3. The summed E-state index contributed by atoms with van der Waals surface area (Å²) in [6.45, 7) is 0. The van der Waals surface area contributed by atoms with Crippen molar-refractivity contribution in [2.45, 2.75) is 0 Å². The van der Waals surface area contributed by atoms with E-state index < -0.39 is 0 Å². The summed E-state index contributed by atoms with van der Waals surface area (Å²) < 4.78 is 4.98. The van der Waals surface area contributed by atoms with Gasteiger partial charge < -0.3 is 10.5 Å². The molecule has 0 aliphatic heterocycles. The minimum absolute atomic E-state index is 0.159. The van der Waals surface area contributed by atoms with E-state index in [4.69, 9.17) is 20.9 Å². The quantitative estimate of drug-likeness (QED) is 0.325. The molecule has 0 radical (unpaired) electrons. The van der Waals surface area contributed by atoms with E-state index in [-0.39, 0.29) is 11.3 Å². The molecule has 0 amide bonds. The van der Waals surface area contributed by atoms with Gasteiger partial charge in [-0.1, -0.05) is 6.07 Å². The van der Waals surface area contributed by atoms with E-state index >= 15 is 0 Å². The summed E-state index contributed by atoms with van der Waals surface area (Å²) in [6, 6.07) is 6.83. The first-order valence-corrected chi connectivity index (χ1v) is 4.04. The topological polar surface area (TPSA) is 103 Å². The average molecular weight is 212 g/mol. The normalized spacial score (nSPS) is 11.6. The fraction of sp³-hybridized carbons (Fsp3) is 0.125. The first-order chi connectivity index (χ1) is 7.11. The minimum atomic E-state index is -0.279. The molecule has 0 heterocycles. The molecule has 0 atom stereocenters. The summed E-state index contributed by atoms with van der Waals surface area (Å²) in [5.74, 6) is 0.474. The smallest absolute Gasteiger partial charge is 0.212 e. The third-order valence-corrected chi connectivity index (χ3v) is 1.52. The predicted molar refractivity (Wildman–Crippen MR) is 52.8 cm³/mol. The number of nitrogens with zero attached hydrogens (tertiary/aromatic N) is 2. The number of hydrogen-bond donors (Lipinski definition) is 4. The molecule has 0 aliphatic carbocycles. The fourth-order valence-electron chi connectivity index (χ4n) is 0.947. The van der Waals surface area contributed by atoms with E-state index in [0.717, 1.165) is 0 Å². The molecule has 0 bridgehead atoms. The van der Waals surface area contributed by atoms with Crippen LogP contribution in [-0.2, 0) is 0 Å². The molecule has 0 spiro atoms. The molecule has 1 rings (SSSR count). The van der Waals surface area contributed by atoms with Crippen LogP contribution in [0, 0.1) is 0 Å². The van der Waals surface area contributed by atoms with Gasteiger partial charge in [0.05, 0.1) is 12.8 Å². The number of nitrogens with two attached hydrogens (primary N) is 1. The SMILES string of the molecule is COc1cccc(N=C(N)NN(O)O)c1. The highest BCUT2D eigenvalue weighted by atomic mass is 16.8. The summed E-state index contributed by atoms with van der Waals surface area (Å²) in [6.07, 6.45) is 0. The molecule has 0 fully saturated rings. The molecule has 0 aromatic heterocycles. The Balaban J connectivity index is 2.78. The van der Waals surface area contributed by atoms with Crippen molar-refractivity contribution in [1.29, 1.82) is 0 Å². The van der Waals surface area contributed by atoms with Crippen molar-refractivity contribution in [1.82, 2.24) is 10.8 Å². The van der Waals surface area contributed by atoms with Gasteiger partial charge in [0.2, 0.25) is 5.96 Å². The van der Waals surface area contributed by atoms with E-state index in [2.05, 4.69) is 4.99 Å². The Morgan fingerprint density at radius 2 is 2.27 bits per heavy atom. The average Bonchev–Trinajstić information content (AvgIpc) is 2.16. The molecule has 0 unspecified atom stereocenters. The van der Waals surface area contributed by atoms with Gasteiger partial charge in [0.1, 0.15) is 5.75 Å². The van der Waals surface area contributed by atoms with Crippen molar-refractivity contribution in [3.8, 4) is 5.75 Å². The van der Waals surface area contributed by atoms with Gasteiger partial charge in [-0.15, -0.1) is 0 Å². The highest BCUT2D eigenvalue weighted by Crippen LogP contribution is 2.18. The Morgan fingerprint density at radius 1 is 1.53 bits per heavy atom. The van der Waals surface area contributed by atoms with E-state index in [0.29, 0.717) is 11.4 Å². The number of benzene rings is 1. The first kappa shape index (κ1) is 11.2.